The molecular formula is C9H18N4O. The van der Waals surface area contributed by atoms with Gasteiger partial charge in [-0.3, -0.25) is 4.79 Å². The molecule has 1 amide bonds. The number of nitrogens with one attached hydrogen (secondary N) is 2. The third kappa shape index (κ3) is 8.97. The smallest absolute Gasteiger partial charge is 0.233 e. The van der Waals surface area contributed by atoms with Crippen LogP contribution in [0.4, 0.5) is 0 Å². The van der Waals surface area contributed by atoms with Gasteiger partial charge in [0.05, 0.1) is 12.6 Å². The lowest BCUT2D eigenvalue weighted by molar-refractivity contribution is -0.119. The van der Waals surface area contributed by atoms with E-state index < -0.39 is 0 Å². The average molecular weight is 198 g/mol. The fraction of sp³-hybridized carbons (Fsp3) is 0.778. The van der Waals surface area contributed by atoms with Gasteiger partial charge in [-0.25, -0.2) is 0 Å². The van der Waals surface area contributed by atoms with Crippen LogP contribution in [-0.2, 0) is 4.79 Å². The number of hydrogen-bond acceptors (Lipinski definition) is 4. The van der Waals surface area contributed by atoms with Gasteiger partial charge in [0.25, 0.3) is 0 Å². The largest absolute Gasteiger partial charge is 0.355 e. The van der Waals surface area contributed by atoms with E-state index in [-0.39, 0.29) is 12.5 Å². The minimum Gasteiger partial charge on any atom is -0.355 e. The van der Waals surface area contributed by atoms with E-state index in [1.165, 1.54) is 0 Å². The van der Waals surface area contributed by atoms with Crippen molar-refractivity contribution >= 4 is 5.91 Å². The molecule has 14 heavy (non-hydrogen) atoms. The molecule has 4 N–H and O–H groups in total. The van der Waals surface area contributed by atoms with E-state index in [0.717, 1.165) is 25.9 Å². The summed E-state index contributed by atoms with van der Waals surface area (Å²) >= 11 is 0. The van der Waals surface area contributed by atoms with Crippen LogP contribution >= 0.6 is 0 Å². The Kier molecular flexibility index (Phi) is 9.17. The number of hydrogen-bond donors (Lipinski definition) is 3. The van der Waals surface area contributed by atoms with E-state index in [9.17, 15) is 4.79 Å². The molecule has 0 aliphatic carbocycles. The molecule has 0 atom stereocenters. The third-order valence-electron chi connectivity index (χ3n) is 1.70. The molecule has 0 aliphatic rings. The predicted octanol–water partition coefficient (Wildman–Crippen LogP) is -0.655. The van der Waals surface area contributed by atoms with Crippen LogP contribution in [0.25, 0.3) is 0 Å². The molecule has 0 radical (unpaired) electrons. The van der Waals surface area contributed by atoms with Crippen LogP contribution < -0.4 is 16.4 Å². The van der Waals surface area contributed by atoms with Crippen molar-refractivity contribution in [1.29, 1.82) is 5.26 Å². The summed E-state index contributed by atoms with van der Waals surface area (Å²) in [6.45, 7) is 2.36. The van der Waals surface area contributed by atoms with E-state index in [4.69, 9.17) is 11.0 Å². The molecule has 0 saturated carbocycles. The summed E-state index contributed by atoms with van der Waals surface area (Å²) in [6.07, 6.45) is 2.48. The highest BCUT2D eigenvalue weighted by molar-refractivity contribution is 5.77. The summed E-state index contributed by atoms with van der Waals surface area (Å²) < 4.78 is 0. The fourth-order valence-electron chi connectivity index (χ4n) is 0.944. The topological polar surface area (TPSA) is 90.9 Å². The summed E-state index contributed by atoms with van der Waals surface area (Å²) in [5, 5.41) is 14.1. The van der Waals surface area contributed by atoms with Crippen molar-refractivity contribution in [3.8, 4) is 6.07 Å². The maximum atomic E-state index is 10.7. The minimum absolute atomic E-state index is 0.0560. The molecule has 0 unspecified atom stereocenters. The zero-order chi connectivity index (χ0) is 10.6. The minimum atomic E-state index is -0.109. The molecule has 0 bridgehead atoms. The molecule has 0 aliphatic heterocycles. The highest BCUT2D eigenvalue weighted by Gasteiger charge is 1.94. The molecule has 80 valence electrons. The highest BCUT2D eigenvalue weighted by Crippen LogP contribution is 1.84. The highest BCUT2D eigenvalue weighted by atomic mass is 16.1. The van der Waals surface area contributed by atoms with Gasteiger partial charge in [0.1, 0.15) is 0 Å². The van der Waals surface area contributed by atoms with Crippen molar-refractivity contribution in [3.63, 3.8) is 0 Å². The molecule has 0 aromatic heterocycles. The van der Waals surface area contributed by atoms with Crippen molar-refractivity contribution in [2.75, 3.05) is 26.2 Å². The van der Waals surface area contributed by atoms with Gasteiger partial charge in [0.15, 0.2) is 0 Å². The predicted molar refractivity (Wildman–Crippen MR) is 54.4 cm³/mol. The standard InChI is InChI=1S/C9H18N4O/c10-4-3-6-12-5-1-2-7-13-9(14)8-11/h12H,1-3,5-8,11H2,(H,13,14). The van der Waals surface area contributed by atoms with Crippen molar-refractivity contribution in [2.24, 2.45) is 5.73 Å². The Balaban J connectivity index is 3.00. The van der Waals surface area contributed by atoms with Crippen LogP contribution in [0.2, 0.25) is 0 Å². The normalized spacial score (nSPS) is 9.43. The van der Waals surface area contributed by atoms with Gasteiger partial charge < -0.3 is 16.4 Å². The number of carbonyl (C=O) groups excluding carboxylic acids is 1. The van der Waals surface area contributed by atoms with Crippen LogP contribution in [-0.4, -0.2) is 32.1 Å². The van der Waals surface area contributed by atoms with Gasteiger partial charge in [-0.15, -0.1) is 0 Å². The molecule has 0 spiro atoms. The lowest BCUT2D eigenvalue weighted by atomic mass is 10.3. The Bertz CT molecular complexity index is 188. The van der Waals surface area contributed by atoms with Crippen molar-refractivity contribution < 1.29 is 4.79 Å². The Morgan fingerprint density at radius 3 is 2.64 bits per heavy atom. The number of rotatable bonds is 8. The van der Waals surface area contributed by atoms with Crippen molar-refractivity contribution in [1.82, 2.24) is 10.6 Å². The fourth-order valence-corrected chi connectivity index (χ4v) is 0.944. The van der Waals surface area contributed by atoms with Gasteiger partial charge in [-0.1, -0.05) is 0 Å². The van der Waals surface area contributed by atoms with Crippen molar-refractivity contribution in [3.05, 3.63) is 0 Å². The van der Waals surface area contributed by atoms with Gasteiger partial charge in [-0.05, 0) is 19.4 Å². The molecule has 5 heteroatoms. The van der Waals surface area contributed by atoms with Crippen LogP contribution in [0.15, 0.2) is 0 Å². The Labute approximate surface area is 84.7 Å². The first-order valence-corrected chi connectivity index (χ1v) is 4.85. The van der Waals surface area contributed by atoms with Gasteiger partial charge in [0, 0.05) is 19.5 Å². The Morgan fingerprint density at radius 2 is 2.00 bits per heavy atom. The summed E-state index contributed by atoms with van der Waals surface area (Å²) in [4.78, 5) is 10.7. The van der Waals surface area contributed by atoms with Crippen LogP contribution in [0.5, 0.6) is 0 Å². The first-order chi connectivity index (χ1) is 6.81. The lowest BCUT2D eigenvalue weighted by Crippen LogP contribution is -2.31. The van der Waals surface area contributed by atoms with Gasteiger partial charge in [-0.2, -0.15) is 5.26 Å². The molecule has 5 nitrogen and oxygen atoms in total. The van der Waals surface area contributed by atoms with Gasteiger partial charge >= 0.3 is 0 Å². The summed E-state index contributed by atoms with van der Waals surface area (Å²) in [6, 6.07) is 2.06. The molecular weight excluding hydrogens is 180 g/mol. The van der Waals surface area contributed by atoms with E-state index >= 15 is 0 Å². The van der Waals surface area contributed by atoms with E-state index in [0.29, 0.717) is 13.0 Å². The Hall–Kier alpha value is -1.12. The lowest BCUT2D eigenvalue weighted by Gasteiger charge is -2.03. The number of nitriles is 1. The number of amides is 1. The SMILES string of the molecule is N#CCCNCCCCNC(=O)CN. The number of carbonyl (C=O) groups is 1. The second-order valence-corrected chi connectivity index (χ2v) is 2.92. The maximum absolute atomic E-state index is 10.7. The zero-order valence-corrected chi connectivity index (χ0v) is 8.38. The third-order valence-corrected chi connectivity index (χ3v) is 1.70. The first-order valence-electron chi connectivity index (χ1n) is 4.85. The summed E-state index contributed by atoms with van der Waals surface area (Å²) in [7, 11) is 0. The summed E-state index contributed by atoms with van der Waals surface area (Å²) in [5.74, 6) is -0.109. The van der Waals surface area contributed by atoms with E-state index in [1.54, 1.807) is 0 Å². The number of nitrogens with zero attached hydrogens (tertiary/aromatic N) is 1. The molecule has 0 rings (SSSR count). The molecule has 0 aromatic carbocycles. The molecule has 0 saturated heterocycles. The second-order valence-electron chi connectivity index (χ2n) is 2.92. The quantitative estimate of drug-likeness (QED) is 0.452. The molecule has 0 fully saturated rings. The number of nitrogens with two attached hydrogens (primary N) is 1. The van der Waals surface area contributed by atoms with E-state index in [1.807, 2.05) is 0 Å². The monoisotopic (exact) mass is 198 g/mol. The maximum Gasteiger partial charge on any atom is 0.233 e. The number of unbranched alkanes of at least 4 members (excludes halogenated alkanes) is 1. The molecule has 0 heterocycles. The zero-order valence-electron chi connectivity index (χ0n) is 8.38. The van der Waals surface area contributed by atoms with Gasteiger partial charge in [0.2, 0.25) is 5.91 Å². The first kappa shape index (κ1) is 12.9. The van der Waals surface area contributed by atoms with Crippen molar-refractivity contribution in [2.45, 2.75) is 19.3 Å². The Morgan fingerprint density at radius 1 is 1.29 bits per heavy atom. The van der Waals surface area contributed by atoms with Crippen LogP contribution in [0, 0.1) is 11.3 Å². The molecule has 0 aromatic rings. The summed E-state index contributed by atoms with van der Waals surface area (Å²) in [5.41, 5.74) is 5.11. The van der Waals surface area contributed by atoms with Crippen LogP contribution in [0.1, 0.15) is 19.3 Å². The van der Waals surface area contributed by atoms with Crippen LogP contribution in [0.3, 0.4) is 0 Å². The average Bonchev–Trinajstić information content (AvgIpc) is 2.21. The second kappa shape index (κ2) is 9.96. The van der Waals surface area contributed by atoms with E-state index in [2.05, 4.69) is 16.7 Å².